The summed E-state index contributed by atoms with van der Waals surface area (Å²) in [6, 6.07) is 6.84. The number of fused-ring (bicyclic) bond motifs is 1. The van der Waals surface area contributed by atoms with Crippen LogP contribution in [0, 0.1) is 0 Å². The quantitative estimate of drug-likeness (QED) is 0.801. The summed E-state index contributed by atoms with van der Waals surface area (Å²) in [5, 5.41) is 4.42. The van der Waals surface area contributed by atoms with Gasteiger partial charge < -0.3 is 9.64 Å². The Bertz CT molecular complexity index is 764. The number of aromatic nitrogens is 3. The van der Waals surface area contributed by atoms with Crippen molar-refractivity contribution in [1.82, 2.24) is 24.6 Å². The van der Waals surface area contributed by atoms with Crippen LogP contribution >= 0.6 is 0 Å². The fraction of sp³-hybridized carbons (Fsp3) is 0.600. The van der Waals surface area contributed by atoms with Gasteiger partial charge in [-0.1, -0.05) is 6.07 Å². The van der Waals surface area contributed by atoms with Crippen molar-refractivity contribution in [3.8, 4) is 0 Å². The highest BCUT2D eigenvalue weighted by Crippen LogP contribution is 2.29. The SMILES string of the molecule is Cn1ncc2c1CCOC2CN1CC(N2CCN(c3ccccn3)CC2)C1. The van der Waals surface area contributed by atoms with E-state index in [1.807, 2.05) is 30.2 Å². The molecule has 2 aromatic heterocycles. The Hall–Kier alpha value is -1.96. The minimum Gasteiger partial charge on any atom is -0.372 e. The normalized spacial score (nSPS) is 24.6. The summed E-state index contributed by atoms with van der Waals surface area (Å²) in [6.45, 7) is 8.49. The molecule has 1 unspecified atom stereocenters. The van der Waals surface area contributed by atoms with Gasteiger partial charge in [-0.3, -0.25) is 14.5 Å². The third kappa shape index (κ3) is 3.35. The predicted octanol–water partition coefficient (Wildman–Crippen LogP) is 0.935. The molecule has 2 fully saturated rings. The van der Waals surface area contributed by atoms with E-state index in [-0.39, 0.29) is 6.10 Å². The van der Waals surface area contributed by atoms with E-state index in [1.54, 1.807) is 0 Å². The van der Waals surface area contributed by atoms with Gasteiger partial charge in [0.1, 0.15) is 5.82 Å². The van der Waals surface area contributed by atoms with Gasteiger partial charge in [-0.2, -0.15) is 5.10 Å². The van der Waals surface area contributed by atoms with Crippen molar-refractivity contribution in [3.05, 3.63) is 41.9 Å². The molecule has 1 atom stereocenters. The molecule has 0 amide bonds. The Morgan fingerprint density at radius 3 is 2.78 bits per heavy atom. The second-order valence-corrected chi connectivity index (χ2v) is 7.86. The highest BCUT2D eigenvalue weighted by atomic mass is 16.5. The van der Waals surface area contributed by atoms with Crippen molar-refractivity contribution in [2.45, 2.75) is 18.6 Å². The van der Waals surface area contributed by atoms with Gasteiger partial charge in [-0.15, -0.1) is 0 Å². The topological polar surface area (TPSA) is 49.7 Å². The van der Waals surface area contributed by atoms with Crippen molar-refractivity contribution in [3.63, 3.8) is 0 Å². The Morgan fingerprint density at radius 2 is 2.00 bits per heavy atom. The van der Waals surface area contributed by atoms with Crippen LogP contribution in [0.3, 0.4) is 0 Å². The summed E-state index contributed by atoms with van der Waals surface area (Å²) in [6.07, 6.45) is 5.04. The Labute approximate surface area is 160 Å². The van der Waals surface area contributed by atoms with Crippen LogP contribution in [-0.4, -0.2) is 83.0 Å². The van der Waals surface area contributed by atoms with Crippen molar-refractivity contribution in [2.24, 2.45) is 7.05 Å². The van der Waals surface area contributed by atoms with E-state index in [0.717, 1.165) is 64.7 Å². The first-order valence-electron chi connectivity index (χ1n) is 10.0. The molecular formula is C20H28N6O. The first kappa shape index (κ1) is 17.2. The zero-order valence-electron chi connectivity index (χ0n) is 16.0. The van der Waals surface area contributed by atoms with Crippen LogP contribution in [0.15, 0.2) is 30.6 Å². The lowest BCUT2D eigenvalue weighted by molar-refractivity contribution is -0.0310. The van der Waals surface area contributed by atoms with E-state index in [0.29, 0.717) is 6.04 Å². The number of piperazine rings is 1. The van der Waals surface area contributed by atoms with Crippen molar-refractivity contribution in [2.75, 3.05) is 57.3 Å². The molecule has 0 aliphatic carbocycles. The number of hydrogen-bond acceptors (Lipinski definition) is 6. The van der Waals surface area contributed by atoms with Gasteiger partial charge in [0.15, 0.2) is 0 Å². The summed E-state index contributed by atoms with van der Waals surface area (Å²) < 4.78 is 8.05. The second-order valence-electron chi connectivity index (χ2n) is 7.86. The van der Waals surface area contributed by atoms with Gasteiger partial charge in [0.25, 0.3) is 0 Å². The van der Waals surface area contributed by atoms with E-state index in [9.17, 15) is 0 Å². The van der Waals surface area contributed by atoms with Gasteiger partial charge >= 0.3 is 0 Å². The number of nitrogens with zero attached hydrogens (tertiary/aromatic N) is 6. The molecule has 7 heteroatoms. The molecule has 7 nitrogen and oxygen atoms in total. The number of likely N-dealkylation sites (tertiary alicyclic amines) is 1. The van der Waals surface area contributed by atoms with E-state index < -0.39 is 0 Å². The number of aryl methyl sites for hydroxylation is 1. The molecule has 0 bridgehead atoms. The zero-order chi connectivity index (χ0) is 18.2. The van der Waals surface area contributed by atoms with E-state index in [4.69, 9.17) is 4.74 Å². The molecule has 5 rings (SSSR count). The van der Waals surface area contributed by atoms with Crippen molar-refractivity contribution in [1.29, 1.82) is 0 Å². The van der Waals surface area contributed by atoms with Crippen LogP contribution in [0.4, 0.5) is 5.82 Å². The molecule has 0 spiro atoms. The van der Waals surface area contributed by atoms with Crippen LogP contribution in [0.25, 0.3) is 0 Å². The minimum atomic E-state index is 0.185. The molecule has 0 N–H and O–H groups in total. The first-order chi connectivity index (χ1) is 13.3. The van der Waals surface area contributed by atoms with Gasteiger partial charge in [0, 0.05) is 82.8 Å². The number of ether oxygens (including phenoxy) is 1. The van der Waals surface area contributed by atoms with E-state index >= 15 is 0 Å². The maximum atomic E-state index is 6.05. The molecule has 3 aliphatic heterocycles. The molecule has 27 heavy (non-hydrogen) atoms. The molecule has 3 aliphatic rings. The van der Waals surface area contributed by atoms with E-state index in [1.165, 1.54) is 11.3 Å². The highest BCUT2D eigenvalue weighted by Gasteiger charge is 2.36. The molecular weight excluding hydrogens is 340 g/mol. The van der Waals surface area contributed by atoms with Crippen LogP contribution in [0.1, 0.15) is 17.4 Å². The molecule has 2 saturated heterocycles. The van der Waals surface area contributed by atoms with Crippen LogP contribution < -0.4 is 4.90 Å². The monoisotopic (exact) mass is 368 g/mol. The lowest BCUT2D eigenvalue weighted by Gasteiger charge is -2.49. The predicted molar refractivity (Wildman–Crippen MR) is 104 cm³/mol. The number of pyridine rings is 1. The summed E-state index contributed by atoms with van der Waals surface area (Å²) in [5.74, 6) is 1.11. The molecule has 2 aromatic rings. The molecule has 5 heterocycles. The first-order valence-corrected chi connectivity index (χ1v) is 10.0. The summed E-state index contributed by atoms with van der Waals surface area (Å²) >= 11 is 0. The average molecular weight is 368 g/mol. The molecule has 144 valence electrons. The lowest BCUT2D eigenvalue weighted by Crippen LogP contribution is -2.63. The molecule has 0 radical (unpaired) electrons. The van der Waals surface area contributed by atoms with Crippen molar-refractivity contribution >= 4 is 5.82 Å². The molecule has 0 aromatic carbocycles. The van der Waals surface area contributed by atoms with Crippen molar-refractivity contribution < 1.29 is 4.74 Å². The lowest BCUT2D eigenvalue weighted by atomic mass is 10.0. The third-order valence-corrected chi connectivity index (χ3v) is 6.26. The highest BCUT2D eigenvalue weighted by molar-refractivity contribution is 5.38. The Balaban J connectivity index is 1.11. The Kier molecular flexibility index (Phi) is 4.59. The zero-order valence-corrected chi connectivity index (χ0v) is 16.0. The third-order valence-electron chi connectivity index (χ3n) is 6.26. The largest absolute Gasteiger partial charge is 0.372 e. The fourth-order valence-corrected chi connectivity index (χ4v) is 4.61. The average Bonchev–Trinajstić information content (AvgIpc) is 3.07. The maximum absolute atomic E-state index is 6.05. The van der Waals surface area contributed by atoms with Gasteiger partial charge in [-0.05, 0) is 12.1 Å². The fourth-order valence-electron chi connectivity index (χ4n) is 4.61. The number of hydrogen-bond donors (Lipinski definition) is 0. The van der Waals surface area contributed by atoms with Gasteiger partial charge in [0.2, 0.25) is 0 Å². The van der Waals surface area contributed by atoms with E-state index in [2.05, 4.69) is 36.9 Å². The van der Waals surface area contributed by atoms with Crippen LogP contribution in [0.2, 0.25) is 0 Å². The summed E-state index contributed by atoms with van der Waals surface area (Å²) in [7, 11) is 2.03. The molecule has 0 saturated carbocycles. The second kappa shape index (κ2) is 7.22. The van der Waals surface area contributed by atoms with Crippen LogP contribution in [-0.2, 0) is 18.2 Å². The summed E-state index contributed by atoms with van der Waals surface area (Å²) in [5.41, 5.74) is 2.63. The number of rotatable bonds is 4. The smallest absolute Gasteiger partial charge is 0.128 e. The van der Waals surface area contributed by atoms with Gasteiger partial charge in [0.05, 0.1) is 18.9 Å². The standard InChI is InChI=1S/C20H28N6O/c1-23-18-5-11-27-19(17(18)12-22-23)15-24-13-16(14-24)25-7-9-26(10-8-25)20-4-2-3-6-21-20/h2-4,6,12,16,19H,5,7-11,13-15H2,1H3. The maximum Gasteiger partial charge on any atom is 0.128 e. The van der Waals surface area contributed by atoms with Crippen LogP contribution in [0.5, 0.6) is 0 Å². The summed E-state index contributed by atoms with van der Waals surface area (Å²) in [4.78, 5) is 12.1. The minimum absolute atomic E-state index is 0.185. The number of anilines is 1. The van der Waals surface area contributed by atoms with Gasteiger partial charge in [-0.25, -0.2) is 4.98 Å². The Morgan fingerprint density at radius 1 is 1.15 bits per heavy atom.